The number of esters is 1. The van der Waals surface area contributed by atoms with Crippen molar-refractivity contribution in [3.8, 4) is 0 Å². The lowest BCUT2D eigenvalue weighted by molar-refractivity contribution is -0.163. The van der Waals surface area contributed by atoms with Gasteiger partial charge in [0.25, 0.3) is 0 Å². The lowest BCUT2D eigenvalue weighted by atomic mass is 9.83. The van der Waals surface area contributed by atoms with Crippen LogP contribution in [0.2, 0.25) is 0 Å². The van der Waals surface area contributed by atoms with E-state index in [1.54, 1.807) is 0 Å². The van der Waals surface area contributed by atoms with Gasteiger partial charge in [-0.1, -0.05) is 34.6 Å². The molecule has 0 radical (unpaired) electrons. The quantitative estimate of drug-likeness (QED) is 0.665. The molecule has 0 N–H and O–H groups in total. The molecule has 15 heavy (non-hydrogen) atoms. The van der Waals surface area contributed by atoms with Gasteiger partial charge in [0.15, 0.2) is 0 Å². The first kappa shape index (κ1) is 14.5. The van der Waals surface area contributed by atoms with Crippen LogP contribution in [0.3, 0.4) is 0 Å². The molecule has 0 spiro atoms. The molecule has 2 heteroatoms. The number of ether oxygens (including phenoxy) is 1. The van der Waals surface area contributed by atoms with Crippen molar-refractivity contribution in [3.05, 3.63) is 0 Å². The van der Waals surface area contributed by atoms with Gasteiger partial charge in [-0.3, -0.25) is 4.79 Å². The Hall–Kier alpha value is -0.530. The minimum atomic E-state index is -0.362. The molecule has 0 bridgehead atoms. The number of rotatable bonds is 4. The molecule has 0 aliphatic carbocycles. The monoisotopic (exact) mass is 214 g/mol. The van der Waals surface area contributed by atoms with E-state index in [-0.39, 0.29) is 22.9 Å². The molecule has 0 amide bonds. The van der Waals surface area contributed by atoms with E-state index >= 15 is 0 Å². The van der Waals surface area contributed by atoms with Crippen LogP contribution >= 0.6 is 0 Å². The standard InChI is InChI=1S/C13H26O2/c1-8-10(2)11(14)15-13(6,7)9-12(3,4)5/h10H,8-9H2,1-7H3. The van der Waals surface area contributed by atoms with Gasteiger partial charge in [0, 0.05) is 0 Å². The second kappa shape index (κ2) is 5.00. The highest BCUT2D eigenvalue weighted by Crippen LogP contribution is 2.30. The Bertz CT molecular complexity index is 211. The highest BCUT2D eigenvalue weighted by molar-refractivity contribution is 5.72. The summed E-state index contributed by atoms with van der Waals surface area (Å²) in [6, 6.07) is 0. The highest BCUT2D eigenvalue weighted by atomic mass is 16.6. The predicted octanol–water partition coefficient (Wildman–Crippen LogP) is 3.79. The Labute approximate surface area is 94.4 Å². The maximum atomic E-state index is 11.7. The second-order valence-corrected chi connectivity index (χ2v) is 6.23. The van der Waals surface area contributed by atoms with Gasteiger partial charge in [0.05, 0.1) is 5.92 Å². The molecule has 0 saturated heterocycles. The normalized spacial score (nSPS) is 14.9. The summed E-state index contributed by atoms with van der Waals surface area (Å²) in [5, 5.41) is 0. The maximum absolute atomic E-state index is 11.7. The van der Waals surface area contributed by atoms with E-state index < -0.39 is 0 Å². The fraction of sp³-hybridized carbons (Fsp3) is 0.923. The minimum absolute atomic E-state index is 0.00393. The maximum Gasteiger partial charge on any atom is 0.309 e. The lowest BCUT2D eigenvalue weighted by Crippen LogP contribution is -2.34. The predicted molar refractivity (Wildman–Crippen MR) is 63.7 cm³/mol. The van der Waals surface area contributed by atoms with Gasteiger partial charge in [-0.15, -0.1) is 0 Å². The number of hydrogen-bond donors (Lipinski definition) is 0. The zero-order valence-corrected chi connectivity index (χ0v) is 11.3. The first-order valence-electron chi connectivity index (χ1n) is 5.80. The van der Waals surface area contributed by atoms with Gasteiger partial charge in [0.2, 0.25) is 0 Å². The summed E-state index contributed by atoms with van der Waals surface area (Å²) in [6.45, 7) is 14.4. The van der Waals surface area contributed by atoms with E-state index in [9.17, 15) is 4.79 Å². The van der Waals surface area contributed by atoms with Crippen molar-refractivity contribution in [1.29, 1.82) is 0 Å². The average Bonchev–Trinajstić information content (AvgIpc) is 1.96. The zero-order valence-electron chi connectivity index (χ0n) is 11.3. The van der Waals surface area contributed by atoms with Crippen LogP contribution in [0.25, 0.3) is 0 Å². The molecule has 1 atom stereocenters. The van der Waals surface area contributed by atoms with Crippen molar-refractivity contribution in [1.82, 2.24) is 0 Å². The minimum Gasteiger partial charge on any atom is -0.459 e. The molecule has 2 nitrogen and oxygen atoms in total. The zero-order chi connectivity index (χ0) is 12.3. The van der Waals surface area contributed by atoms with Crippen LogP contribution in [0.1, 0.15) is 61.3 Å². The summed E-state index contributed by atoms with van der Waals surface area (Å²) >= 11 is 0. The molecule has 0 aromatic rings. The van der Waals surface area contributed by atoms with Crippen LogP contribution in [0.4, 0.5) is 0 Å². The third-order valence-electron chi connectivity index (χ3n) is 2.35. The molecular formula is C13H26O2. The van der Waals surface area contributed by atoms with Crippen LogP contribution in [-0.2, 0) is 9.53 Å². The number of hydrogen-bond acceptors (Lipinski definition) is 2. The first-order valence-corrected chi connectivity index (χ1v) is 5.80. The molecule has 0 aliphatic rings. The van der Waals surface area contributed by atoms with Crippen molar-refractivity contribution < 1.29 is 9.53 Å². The van der Waals surface area contributed by atoms with Crippen molar-refractivity contribution in [3.63, 3.8) is 0 Å². The molecule has 0 aliphatic heterocycles. The lowest BCUT2D eigenvalue weighted by Gasteiger charge is -2.32. The molecule has 0 heterocycles. The van der Waals surface area contributed by atoms with Gasteiger partial charge in [-0.2, -0.15) is 0 Å². The number of carbonyl (C=O) groups is 1. The molecule has 0 saturated carbocycles. The van der Waals surface area contributed by atoms with Crippen molar-refractivity contribution >= 4 is 5.97 Å². The fourth-order valence-corrected chi connectivity index (χ4v) is 1.85. The summed E-state index contributed by atoms with van der Waals surface area (Å²) in [5.74, 6) is -0.0732. The average molecular weight is 214 g/mol. The van der Waals surface area contributed by atoms with Crippen LogP contribution in [0.15, 0.2) is 0 Å². The highest BCUT2D eigenvalue weighted by Gasteiger charge is 2.30. The second-order valence-electron chi connectivity index (χ2n) is 6.23. The van der Waals surface area contributed by atoms with E-state index in [2.05, 4.69) is 20.8 Å². The largest absolute Gasteiger partial charge is 0.459 e. The summed E-state index contributed by atoms with van der Waals surface area (Å²) < 4.78 is 5.53. The van der Waals surface area contributed by atoms with Gasteiger partial charge in [-0.25, -0.2) is 0 Å². The summed E-state index contributed by atoms with van der Waals surface area (Å²) in [5.41, 5.74) is -0.183. The Kier molecular flexibility index (Phi) is 4.82. The van der Waals surface area contributed by atoms with E-state index in [1.807, 2.05) is 27.7 Å². The van der Waals surface area contributed by atoms with Gasteiger partial charge in [0.1, 0.15) is 5.60 Å². The molecular weight excluding hydrogens is 188 g/mol. The van der Waals surface area contributed by atoms with E-state index in [0.717, 1.165) is 12.8 Å². The Morgan fingerprint density at radius 1 is 1.20 bits per heavy atom. The molecule has 0 rings (SSSR count). The summed E-state index contributed by atoms with van der Waals surface area (Å²) in [6.07, 6.45) is 1.71. The van der Waals surface area contributed by atoms with Crippen LogP contribution < -0.4 is 0 Å². The topological polar surface area (TPSA) is 26.3 Å². The number of carbonyl (C=O) groups excluding carboxylic acids is 1. The van der Waals surface area contributed by atoms with E-state index in [1.165, 1.54) is 0 Å². The van der Waals surface area contributed by atoms with Crippen molar-refractivity contribution in [2.45, 2.75) is 66.9 Å². The van der Waals surface area contributed by atoms with Crippen molar-refractivity contribution in [2.75, 3.05) is 0 Å². The molecule has 1 unspecified atom stereocenters. The van der Waals surface area contributed by atoms with Gasteiger partial charge < -0.3 is 4.74 Å². The van der Waals surface area contributed by atoms with E-state index in [4.69, 9.17) is 4.74 Å². The Balaban J connectivity index is 4.32. The molecule has 0 fully saturated rings. The smallest absolute Gasteiger partial charge is 0.309 e. The molecule has 90 valence electrons. The molecule has 0 aromatic carbocycles. The Morgan fingerprint density at radius 2 is 1.67 bits per heavy atom. The third kappa shape index (κ3) is 6.53. The summed E-state index contributed by atoms with van der Waals surface area (Å²) in [4.78, 5) is 11.7. The van der Waals surface area contributed by atoms with Gasteiger partial charge >= 0.3 is 5.97 Å². The van der Waals surface area contributed by atoms with Crippen LogP contribution in [0, 0.1) is 11.3 Å². The van der Waals surface area contributed by atoms with Crippen molar-refractivity contribution in [2.24, 2.45) is 11.3 Å². The van der Waals surface area contributed by atoms with E-state index in [0.29, 0.717) is 0 Å². The van der Waals surface area contributed by atoms with Crippen LogP contribution in [0.5, 0.6) is 0 Å². The van der Waals surface area contributed by atoms with Crippen LogP contribution in [-0.4, -0.2) is 11.6 Å². The Morgan fingerprint density at radius 3 is 2.00 bits per heavy atom. The fourth-order valence-electron chi connectivity index (χ4n) is 1.85. The SMILES string of the molecule is CCC(C)C(=O)OC(C)(C)CC(C)(C)C. The first-order chi connectivity index (χ1) is 6.57. The third-order valence-corrected chi connectivity index (χ3v) is 2.35. The molecule has 0 aromatic heterocycles. The van der Waals surface area contributed by atoms with Gasteiger partial charge in [-0.05, 0) is 32.1 Å². The summed E-state index contributed by atoms with van der Waals surface area (Å²) in [7, 11) is 0.